The third kappa shape index (κ3) is 9.06. The number of rotatable bonds is 11. The van der Waals surface area contributed by atoms with Gasteiger partial charge >= 0.3 is 0 Å². The van der Waals surface area contributed by atoms with Crippen LogP contribution in [0.3, 0.4) is 0 Å². The lowest BCUT2D eigenvalue weighted by molar-refractivity contribution is -0.130. The molecule has 7 heteroatoms. The number of carbonyl (C=O) groups excluding carboxylic acids is 2. The second-order valence-electron chi connectivity index (χ2n) is 6.71. The standard InChI is InChI=1S/C19H37N5O2/c1-4-20-19(22-12-11-18(26)24(5-2)6-3)23-14-13-21-17(25)15-16-9-7-8-10-16/h16H,4-15H2,1-3H3,(H,21,25)(H2,20,22,23). The number of hydrogen-bond acceptors (Lipinski definition) is 3. The first kappa shape index (κ1) is 22.3. The van der Waals surface area contributed by atoms with E-state index in [4.69, 9.17) is 0 Å². The van der Waals surface area contributed by atoms with E-state index in [0.717, 1.165) is 19.6 Å². The van der Waals surface area contributed by atoms with Crippen molar-refractivity contribution in [2.24, 2.45) is 10.9 Å². The molecule has 3 N–H and O–H groups in total. The maximum Gasteiger partial charge on any atom is 0.224 e. The molecule has 2 amide bonds. The van der Waals surface area contributed by atoms with Crippen molar-refractivity contribution in [2.75, 3.05) is 39.3 Å². The highest BCUT2D eigenvalue weighted by Crippen LogP contribution is 2.27. The Kier molecular flexibility index (Phi) is 11.5. The lowest BCUT2D eigenvalue weighted by Gasteiger charge is -2.18. The van der Waals surface area contributed by atoms with Gasteiger partial charge in [0.05, 0.1) is 6.54 Å². The number of hydrogen-bond donors (Lipinski definition) is 3. The molecular formula is C19H37N5O2. The SMILES string of the molecule is CCNC(=NCCC(=O)N(CC)CC)NCCNC(=O)CC1CCCC1. The van der Waals surface area contributed by atoms with Crippen LogP contribution in [0.25, 0.3) is 0 Å². The van der Waals surface area contributed by atoms with E-state index in [2.05, 4.69) is 20.9 Å². The Morgan fingerprint density at radius 2 is 1.65 bits per heavy atom. The van der Waals surface area contributed by atoms with Gasteiger partial charge in [0, 0.05) is 45.6 Å². The third-order valence-corrected chi connectivity index (χ3v) is 4.74. The Morgan fingerprint density at radius 1 is 1.00 bits per heavy atom. The number of nitrogens with zero attached hydrogens (tertiary/aromatic N) is 2. The summed E-state index contributed by atoms with van der Waals surface area (Å²) in [4.78, 5) is 30.2. The van der Waals surface area contributed by atoms with Gasteiger partial charge in [0.15, 0.2) is 5.96 Å². The number of amides is 2. The third-order valence-electron chi connectivity index (χ3n) is 4.74. The van der Waals surface area contributed by atoms with Crippen molar-refractivity contribution in [3.05, 3.63) is 0 Å². The van der Waals surface area contributed by atoms with Crippen LogP contribution in [0.15, 0.2) is 4.99 Å². The number of aliphatic imine (C=N–C) groups is 1. The Bertz CT molecular complexity index is 443. The van der Waals surface area contributed by atoms with Gasteiger partial charge in [0.2, 0.25) is 11.8 Å². The van der Waals surface area contributed by atoms with Gasteiger partial charge in [-0.15, -0.1) is 0 Å². The second-order valence-corrected chi connectivity index (χ2v) is 6.71. The van der Waals surface area contributed by atoms with Crippen LogP contribution < -0.4 is 16.0 Å². The summed E-state index contributed by atoms with van der Waals surface area (Å²) in [6, 6.07) is 0. The predicted octanol–water partition coefficient (Wildman–Crippen LogP) is 1.50. The zero-order valence-electron chi connectivity index (χ0n) is 16.8. The first-order chi connectivity index (χ1) is 12.6. The first-order valence-corrected chi connectivity index (χ1v) is 10.2. The van der Waals surface area contributed by atoms with Gasteiger partial charge in [-0.25, -0.2) is 0 Å². The smallest absolute Gasteiger partial charge is 0.224 e. The molecule has 0 saturated heterocycles. The van der Waals surface area contributed by atoms with Crippen molar-refractivity contribution >= 4 is 17.8 Å². The zero-order valence-corrected chi connectivity index (χ0v) is 16.8. The Morgan fingerprint density at radius 3 is 2.27 bits per heavy atom. The molecule has 0 aliphatic heterocycles. The molecule has 0 unspecified atom stereocenters. The molecule has 0 aromatic heterocycles. The second kappa shape index (κ2) is 13.4. The lowest BCUT2D eigenvalue weighted by atomic mass is 10.0. The molecular weight excluding hydrogens is 330 g/mol. The highest BCUT2D eigenvalue weighted by Gasteiger charge is 2.17. The maximum atomic E-state index is 12.0. The summed E-state index contributed by atoms with van der Waals surface area (Å²) in [7, 11) is 0. The average molecular weight is 368 g/mol. The molecule has 1 aliphatic carbocycles. The molecule has 150 valence electrons. The number of nitrogens with one attached hydrogen (secondary N) is 3. The highest BCUT2D eigenvalue weighted by atomic mass is 16.2. The zero-order chi connectivity index (χ0) is 19.2. The maximum absolute atomic E-state index is 12.0. The predicted molar refractivity (Wildman–Crippen MR) is 106 cm³/mol. The summed E-state index contributed by atoms with van der Waals surface area (Å²) >= 11 is 0. The van der Waals surface area contributed by atoms with Crippen molar-refractivity contribution in [1.29, 1.82) is 0 Å². The van der Waals surface area contributed by atoms with Crippen LogP contribution in [-0.4, -0.2) is 61.9 Å². The molecule has 1 saturated carbocycles. The first-order valence-electron chi connectivity index (χ1n) is 10.2. The minimum atomic E-state index is 0.133. The largest absolute Gasteiger partial charge is 0.357 e. The van der Waals surface area contributed by atoms with Crippen molar-refractivity contribution < 1.29 is 9.59 Å². The molecule has 7 nitrogen and oxygen atoms in total. The van der Waals surface area contributed by atoms with Gasteiger partial charge < -0.3 is 20.9 Å². The molecule has 0 heterocycles. The Balaban J connectivity index is 2.24. The van der Waals surface area contributed by atoms with Gasteiger partial charge in [0.1, 0.15) is 0 Å². The van der Waals surface area contributed by atoms with Crippen LogP contribution in [0.4, 0.5) is 0 Å². The van der Waals surface area contributed by atoms with Gasteiger partial charge in [0.25, 0.3) is 0 Å². The lowest BCUT2D eigenvalue weighted by Crippen LogP contribution is -2.42. The normalized spacial score (nSPS) is 15.0. The molecule has 0 radical (unpaired) electrons. The fourth-order valence-corrected chi connectivity index (χ4v) is 3.27. The van der Waals surface area contributed by atoms with Crippen molar-refractivity contribution in [2.45, 2.75) is 59.3 Å². The summed E-state index contributed by atoms with van der Waals surface area (Å²) in [5, 5.41) is 9.33. The number of carbonyl (C=O) groups is 2. The van der Waals surface area contributed by atoms with Crippen LogP contribution in [0, 0.1) is 5.92 Å². The van der Waals surface area contributed by atoms with E-state index in [9.17, 15) is 9.59 Å². The summed E-state index contributed by atoms with van der Waals surface area (Å²) in [5.74, 6) is 1.54. The van der Waals surface area contributed by atoms with Crippen LogP contribution >= 0.6 is 0 Å². The quantitative estimate of drug-likeness (QED) is 0.293. The molecule has 0 spiro atoms. The van der Waals surface area contributed by atoms with E-state index < -0.39 is 0 Å². The van der Waals surface area contributed by atoms with Gasteiger partial charge in [-0.3, -0.25) is 14.6 Å². The van der Waals surface area contributed by atoms with Gasteiger partial charge in [-0.05, 0) is 39.5 Å². The number of guanidine groups is 1. The Labute approximate surface area is 158 Å². The summed E-state index contributed by atoms with van der Waals surface area (Å²) in [6.07, 6.45) is 5.97. The summed E-state index contributed by atoms with van der Waals surface area (Å²) in [5.41, 5.74) is 0. The molecule has 26 heavy (non-hydrogen) atoms. The fourth-order valence-electron chi connectivity index (χ4n) is 3.27. The van der Waals surface area contributed by atoms with Gasteiger partial charge in [-0.2, -0.15) is 0 Å². The van der Waals surface area contributed by atoms with Crippen LogP contribution in [-0.2, 0) is 9.59 Å². The van der Waals surface area contributed by atoms with E-state index in [1.807, 2.05) is 25.7 Å². The van der Waals surface area contributed by atoms with E-state index >= 15 is 0 Å². The van der Waals surface area contributed by atoms with E-state index in [1.165, 1.54) is 25.7 Å². The van der Waals surface area contributed by atoms with E-state index in [0.29, 0.717) is 44.4 Å². The van der Waals surface area contributed by atoms with Crippen molar-refractivity contribution in [1.82, 2.24) is 20.9 Å². The average Bonchev–Trinajstić information content (AvgIpc) is 3.12. The molecule has 1 rings (SSSR count). The van der Waals surface area contributed by atoms with Crippen molar-refractivity contribution in [3.8, 4) is 0 Å². The van der Waals surface area contributed by atoms with E-state index in [1.54, 1.807) is 0 Å². The minimum absolute atomic E-state index is 0.133. The summed E-state index contributed by atoms with van der Waals surface area (Å²) in [6.45, 7) is 9.84. The van der Waals surface area contributed by atoms with Gasteiger partial charge in [-0.1, -0.05) is 12.8 Å². The molecule has 1 aliphatic rings. The van der Waals surface area contributed by atoms with Crippen molar-refractivity contribution in [3.63, 3.8) is 0 Å². The molecule has 0 aromatic rings. The summed E-state index contributed by atoms with van der Waals surface area (Å²) < 4.78 is 0. The van der Waals surface area contributed by atoms with Crippen LogP contribution in [0.1, 0.15) is 59.3 Å². The minimum Gasteiger partial charge on any atom is -0.357 e. The molecule has 1 fully saturated rings. The molecule has 0 bridgehead atoms. The highest BCUT2D eigenvalue weighted by molar-refractivity contribution is 5.81. The Hall–Kier alpha value is -1.79. The molecule has 0 aromatic carbocycles. The van der Waals surface area contributed by atoms with E-state index in [-0.39, 0.29) is 11.8 Å². The van der Waals surface area contributed by atoms with Crippen LogP contribution in [0.2, 0.25) is 0 Å². The fraction of sp³-hybridized carbons (Fsp3) is 0.842. The monoisotopic (exact) mass is 367 g/mol. The van der Waals surface area contributed by atoms with Crippen LogP contribution in [0.5, 0.6) is 0 Å². The topological polar surface area (TPSA) is 85.8 Å². The molecule has 0 atom stereocenters.